The fourth-order valence-electron chi connectivity index (χ4n) is 2.25. The minimum absolute atomic E-state index is 0.185. The fraction of sp³-hybridized carbons (Fsp3) is 0.353. The molecule has 8 heteroatoms. The number of carboxylic acid groups (broad SMARTS) is 1. The van der Waals surface area contributed by atoms with Crippen molar-refractivity contribution in [2.24, 2.45) is 0 Å². The van der Waals surface area contributed by atoms with E-state index >= 15 is 0 Å². The van der Waals surface area contributed by atoms with Crippen LogP contribution < -0.4 is 5.32 Å². The lowest BCUT2D eigenvalue weighted by Crippen LogP contribution is -2.36. The van der Waals surface area contributed by atoms with Gasteiger partial charge >= 0.3 is 12.1 Å². The molecular formula is C17H18F3NO3S. The van der Waals surface area contributed by atoms with Crippen LogP contribution >= 0.6 is 11.8 Å². The Kier molecular flexibility index (Phi) is 6.55. The van der Waals surface area contributed by atoms with Gasteiger partial charge in [0.15, 0.2) is 0 Å². The van der Waals surface area contributed by atoms with Gasteiger partial charge in [0.2, 0.25) is 0 Å². The van der Waals surface area contributed by atoms with E-state index in [1.165, 1.54) is 12.1 Å². The minimum Gasteiger partial charge on any atom is -0.480 e. The van der Waals surface area contributed by atoms with Crippen LogP contribution in [0.4, 0.5) is 13.2 Å². The van der Waals surface area contributed by atoms with Crippen LogP contribution in [0, 0.1) is 0 Å². The summed E-state index contributed by atoms with van der Waals surface area (Å²) in [6.45, 7) is 0.185. The lowest BCUT2D eigenvalue weighted by molar-refractivity contribution is -0.139. The summed E-state index contributed by atoms with van der Waals surface area (Å²) in [5, 5.41) is 12.0. The van der Waals surface area contributed by atoms with Gasteiger partial charge in [0.25, 0.3) is 0 Å². The summed E-state index contributed by atoms with van der Waals surface area (Å²) >= 11 is 1.56. The van der Waals surface area contributed by atoms with Crippen LogP contribution in [0.2, 0.25) is 0 Å². The Morgan fingerprint density at radius 1 is 1.32 bits per heavy atom. The standard InChI is InChI=1S/C17H18F3NO3S/c1-25-8-7-14(16(22)23)21-10-13-5-6-15(24-13)11-3-2-4-12(9-11)17(18,19)20/h2-6,9,14,21H,7-8,10H2,1H3,(H,22,23). The van der Waals surface area contributed by atoms with E-state index in [1.807, 2.05) is 6.26 Å². The summed E-state index contributed by atoms with van der Waals surface area (Å²) in [7, 11) is 0. The first-order valence-corrected chi connectivity index (χ1v) is 8.92. The Balaban J connectivity index is 2.06. The number of carbonyl (C=O) groups is 1. The van der Waals surface area contributed by atoms with Crippen LogP contribution in [-0.2, 0) is 17.5 Å². The van der Waals surface area contributed by atoms with Crippen molar-refractivity contribution >= 4 is 17.7 Å². The number of furan rings is 1. The number of aliphatic carboxylic acids is 1. The Morgan fingerprint density at radius 3 is 2.72 bits per heavy atom. The molecule has 1 atom stereocenters. The van der Waals surface area contributed by atoms with Crippen LogP contribution in [0.1, 0.15) is 17.7 Å². The molecule has 0 saturated heterocycles. The summed E-state index contributed by atoms with van der Waals surface area (Å²) < 4.78 is 43.9. The number of hydrogen-bond acceptors (Lipinski definition) is 4. The van der Waals surface area contributed by atoms with Gasteiger partial charge < -0.3 is 9.52 Å². The van der Waals surface area contributed by atoms with Crippen molar-refractivity contribution in [3.8, 4) is 11.3 Å². The number of nitrogens with one attached hydrogen (secondary N) is 1. The van der Waals surface area contributed by atoms with Crippen molar-refractivity contribution < 1.29 is 27.5 Å². The molecule has 0 fully saturated rings. The fourth-order valence-corrected chi connectivity index (χ4v) is 2.72. The smallest absolute Gasteiger partial charge is 0.416 e. The highest BCUT2D eigenvalue weighted by molar-refractivity contribution is 7.98. The average molecular weight is 373 g/mol. The van der Waals surface area contributed by atoms with Crippen molar-refractivity contribution in [3.05, 3.63) is 47.7 Å². The summed E-state index contributed by atoms with van der Waals surface area (Å²) in [6, 6.07) is 7.37. The molecule has 0 bridgehead atoms. The first kappa shape index (κ1) is 19.4. The molecule has 0 radical (unpaired) electrons. The molecule has 1 aromatic carbocycles. The van der Waals surface area contributed by atoms with E-state index in [9.17, 15) is 18.0 Å². The molecule has 4 nitrogen and oxygen atoms in total. The zero-order chi connectivity index (χ0) is 18.4. The van der Waals surface area contributed by atoms with Gasteiger partial charge in [-0.3, -0.25) is 10.1 Å². The Hall–Kier alpha value is -1.93. The van der Waals surface area contributed by atoms with Gasteiger partial charge in [0, 0.05) is 5.56 Å². The number of alkyl halides is 3. The molecule has 1 aromatic heterocycles. The van der Waals surface area contributed by atoms with Crippen LogP contribution in [0.25, 0.3) is 11.3 Å². The van der Waals surface area contributed by atoms with Crippen LogP contribution in [0.15, 0.2) is 40.8 Å². The van der Waals surface area contributed by atoms with Crippen LogP contribution in [-0.4, -0.2) is 29.1 Å². The third-order valence-electron chi connectivity index (χ3n) is 3.57. The summed E-state index contributed by atoms with van der Waals surface area (Å²) in [5.41, 5.74) is -0.428. The molecule has 2 aromatic rings. The molecule has 1 heterocycles. The van der Waals surface area contributed by atoms with Crippen molar-refractivity contribution in [2.75, 3.05) is 12.0 Å². The average Bonchev–Trinajstić information content (AvgIpc) is 3.03. The highest BCUT2D eigenvalue weighted by atomic mass is 32.2. The molecule has 2 rings (SSSR count). The molecule has 2 N–H and O–H groups in total. The van der Waals surface area contributed by atoms with E-state index in [4.69, 9.17) is 9.52 Å². The molecule has 136 valence electrons. The third-order valence-corrected chi connectivity index (χ3v) is 4.21. The number of carboxylic acids is 1. The maximum absolute atomic E-state index is 12.8. The molecule has 0 spiro atoms. The van der Waals surface area contributed by atoms with E-state index in [-0.39, 0.29) is 6.54 Å². The second kappa shape index (κ2) is 8.44. The van der Waals surface area contributed by atoms with E-state index in [0.717, 1.165) is 12.1 Å². The van der Waals surface area contributed by atoms with Gasteiger partial charge in [-0.05, 0) is 42.7 Å². The van der Waals surface area contributed by atoms with Crippen molar-refractivity contribution in [3.63, 3.8) is 0 Å². The first-order valence-electron chi connectivity index (χ1n) is 7.52. The normalized spacial score (nSPS) is 13.0. The van der Waals surface area contributed by atoms with Crippen molar-refractivity contribution in [2.45, 2.75) is 25.2 Å². The van der Waals surface area contributed by atoms with E-state index in [0.29, 0.717) is 29.3 Å². The number of rotatable bonds is 8. The Morgan fingerprint density at radius 2 is 2.08 bits per heavy atom. The van der Waals surface area contributed by atoms with Gasteiger partial charge in [-0.25, -0.2) is 0 Å². The van der Waals surface area contributed by atoms with Gasteiger partial charge in [0.1, 0.15) is 17.6 Å². The number of benzene rings is 1. The molecule has 25 heavy (non-hydrogen) atoms. The van der Waals surface area contributed by atoms with Gasteiger partial charge in [-0.2, -0.15) is 24.9 Å². The molecule has 0 aliphatic rings. The molecule has 1 unspecified atom stereocenters. The predicted molar refractivity (Wildman–Crippen MR) is 90.4 cm³/mol. The Bertz CT molecular complexity index is 715. The molecule has 0 amide bonds. The molecular weight excluding hydrogens is 355 g/mol. The highest BCUT2D eigenvalue weighted by Crippen LogP contribution is 2.32. The maximum Gasteiger partial charge on any atom is 0.416 e. The monoisotopic (exact) mass is 373 g/mol. The summed E-state index contributed by atoms with van der Waals surface area (Å²) in [5.74, 6) is 0.526. The second-order valence-electron chi connectivity index (χ2n) is 5.40. The number of halogens is 3. The van der Waals surface area contributed by atoms with Crippen molar-refractivity contribution in [1.82, 2.24) is 5.32 Å². The maximum atomic E-state index is 12.8. The SMILES string of the molecule is CSCCC(NCc1ccc(-c2cccc(C(F)(F)F)c2)o1)C(=O)O. The number of thioether (sulfide) groups is 1. The first-order chi connectivity index (χ1) is 11.8. The van der Waals surface area contributed by atoms with Crippen molar-refractivity contribution in [1.29, 1.82) is 0 Å². The summed E-state index contributed by atoms with van der Waals surface area (Å²) in [6.07, 6.45) is -2.05. The number of hydrogen-bond donors (Lipinski definition) is 2. The zero-order valence-electron chi connectivity index (χ0n) is 13.5. The van der Waals surface area contributed by atoms with E-state index < -0.39 is 23.8 Å². The highest BCUT2D eigenvalue weighted by Gasteiger charge is 2.30. The molecule has 0 aliphatic carbocycles. The lowest BCUT2D eigenvalue weighted by atomic mass is 10.1. The quantitative estimate of drug-likeness (QED) is 0.724. The van der Waals surface area contributed by atoms with Gasteiger partial charge in [-0.1, -0.05) is 12.1 Å². The van der Waals surface area contributed by atoms with Gasteiger partial charge in [0.05, 0.1) is 12.1 Å². The molecule has 0 aliphatic heterocycles. The second-order valence-corrected chi connectivity index (χ2v) is 6.38. The topological polar surface area (TPSA) is 62.5 Å². The lowest BCUT2D eigenvalue weighted by Gasteiger charge is -2.12. The zero-order valence-corrected chi connectivity index (χ0v) is 14.3. The minimum atomic E-state index is -4.42. The predicted octanol–water partition coefficient (Wildman–Crippen LogP) is 4.26. The van der Waals surface area contributed by atoms with Gasteiger partial charge in [-0.15, -0.1) is 0 Å². The summed E-state index contributed by atoms with van der Waals surface area (Å²) in [4.78, 5) is 11.2. The van der Waals surface area contributed by atoms with Crippen LogP contribution in [0.3, 0.4) is 0 Å². The van der Waals surface area contributed by atoms with E-state index in [1.54, 1.807) is 23.9 Å². The Labute approximate surface area is 147 Å². The molecule has 0 saturated carbocycles. The van der Waals surface area contributed by atoms with Crippen LogP contribution in [0.5, 0.6) is 0 Å². The van der Waals surface area contributed by atoms with E-state index in [2.05, 4.69) is 5.32 Å². The largest absolute Gasteiger partial charge is 0.480 e. The third kappa shape index (κ3) is 5.54.